The Bertz CT molecular complexity index is 617. The molecule has 4 nitrogen and oxygen atoms in total. The van der Waals surface area contributed by atoms with Crippen LogP contribution in [0.1, 0.15) is 38.2 Å². The second-order valence-corrected chi connectivity index (χ2v) is 8.30. The summed E-state index contributed by atoms with van der Waals surface area (Å²) in [5.74, 6) is -4.70. The molecule has 1 aliphatic rings. The first-order valence-electron chi connectivity index (χ1n) is 7.75. The van der Waals surface area contributed by atoms with Gasteiger partial charge in [-0.1, -0.05) is 36.8 Å². The van der Waals surface area contributed by atoms with Gasteiger partial charge >= 0.3 is 0 Å². The Morgan fingerprint density at radius 3 is 2.57 bits per heavy atom. The molecule has 0 aromatic heterocycles. The van der Waals surface area contributed by atoms with Crippen molar-refractivity contribution in [2.45, 2.75) is 44.1 Å². The lowest BCUT2D eigenvalue weighted by atomic mass is 9.87. The molecular formula is C16H23F2NO3S. The van der Waals surface area contributed by atoms with Crippen LogP contribution in [0.5, 0.6) is 0 Å². The predicted octanol–water partition coefficient (Wildman–Crippen LogP) is 2.64. The van der Waals surface area contributed by atoms with Crippen molar-refractivity contribution in [3.63, 3.8) is 0 Å². The topological polar surface area (TPSA) is 66.4 Å². The molecule has 0 spiro atoms. The molecular weight excluding hydrogens is 324 g/mol. The lowest BCUT2D eigenvalue weighted by Crippen LogP contribution is -2.44. The fourth-order valence-electron chi connectivity index (χ4n) is 2.85. The molecule has 2 rings (SSSR count). The number of rotatable bonds is 6. The van der Waals surface area contributed by atoms with E-state index in [9.17, 15) is 22.3 Å². The summed E-state index contributed by atoms with van der Waals surface area (Å²) in [6.45, 7) is 1.23. The molecule has 130 valence electrons. The lowest BCUT2D eigenvalue weighted by Gasteiger charge is -2.31. The van der Waals surface area contributed by atoms with E-state index < -0.39 is 33.2 Å². The summed E-state index contributed by atoms with van der Waals surface area (Å²) in [5, 5.41) is 10.4. The van der Waals surface area contributed by atoms with Gasteiger partial charge in [-0.2, -0.15) is 0 Å². The molecule has 2 atom stereocenters. The third-order valence-electron chi connectivity index (χ3n) is 4.36. The van der Waals surface area contributed by atoms with Crippen molar-refractivity contribution < 1.29 is 22.3 Å². The Kier molecular flexibility index (Phi) is 5.43. The lowest BCUT2D eigenvalue weighted by molar-refractivity contribution is -0.0771. The minimum Gasteiger partial charge on any atom is -0.384 e. The van der Waals surface area contributed by atoms with Gasteiger partial charge in [0.2, 0.25) is 10.0 Å². The first-order valence-corrected chi connectivity index (χ1v) is 9.41. The molecule has 1 fully saturated rings. The zero-order chi connectivity index (χ0) is 17.1. The minimum absolute atomic E-state index is 0.211. The van der Waals surface area contributed by atoms with Crippen molar-refractivity contribution in [1.29, 1.82) is 0 Å². The number of sulfonamides is 1. The molecule has 2 unspecified atom stereocenters. The zero-order valence-electron chi connectivity index (χ0n) is 13.1. The highest BCUT2D eigenvalue weighted by atomic mass is 32.2. The number of hydrogen-bond donors (Lipinski definition) is 2. The molecule has 23 heavy (non-hydrogen) atoms. The van der Waals surface area contributed by atoms with E-state index in [1.165, 1.54) is 6.92 Å². The Labute approximate surface area is 136 Å². The van der Waals surface area contributed by atoms with Gasteiger partial charge in [-0.25, -0.2) is 21.9 Å². The maximum atomic E-state index is 13.8. The second kappa shape index (κ2) is 6.83. The first kappa shape index (κ1) is 18.3. The van der Waals surface area contributed by atoms with Gasteiger partial charge in [-0.3, -0.25) is 0 Å². The van der Waals surface area contributed by atoms with E-state index in [-0.39, 0.29) is 19.4 Å². The van der Waals surface area contributed by atoms with Crippen LogP contribution in [0.25, 0.3) is 0 Å². The summed E-state index contributed by atoms with van der Waals surface area (Å²) in [4.78, 5) is 0. The largest absolute Gasteiger partial charge is 0.384 e. The van der Waals surface area contributed by atoms with Crippen LogP contribution in [0.4, 0.5) is 8.78 Å². The van der Waals surface area contributed by atoms with Crippen molar-refractivity contribution in [2.24, 2.45) is 5.92 Å². The van der Waals surface area contributed by atoms with E-state index in [4.69, 9.17) is 0 Å². The summed E-state index contributed by atoms with van der Waals surface area (Å²) >= 11 is 0. The van der Waals surface area contributed by atoms with Gasteiger partial charge in [-0.15, -0.1) is 0 Å². The molecule has 1 aromatic rings. The van der Waals surface area contributed by atoms with Gasteiger partial charge in [0.15, 0.2) is 0 Å². The van der Waals surface area contributed by atoms with Gasteiger partial charge in [-0.05, 0) is 25.3 Å². The second-order valence-electron chi connectivity index (χ2n) is 6.45. The molecule has 0 amide bonds. The molecule has 1 aliphatic carbocycles. The molecule has 7 heteroatoms. The molecule has 2 N–H and O–H groups in total. The Morgan fingerprint density at radius 1 is 1.30 bits per heavy atom. The van der Waals surface area contributed by atoms with E-state index in [2.05, 4.69) is 4.72 Å². The van der Waals surface area contributed by atoms with E-state index in [1.807, 2.05) is 0 Å². The average Bonchev–Trinajstić information content (AvgIpc) is 2.49. The van der Waals surface area contributed by atoms with Crippen molar-refractivity contribution in [2.75, 3.05) is 12.3 Å². The van der Waals surface area contributed by atoms with Crippen LogP contribution >= 0.6 is 0 Å². The molecule has 0 bridgehead atoms. The molecule has 0 aliphatic heterocycles. The summed E-state index contributed by atoms with van der Waals surface area (Å²) < 4.78 is 54.1. The van der Waals surface area contributed by atoms with Crippen LogP contribution < -0.4 is 4.72 Å². The van der Waals surface area contributed by atoms with Gasteiger partial charge in [0, 0.05) is 18.9 Å². The molecule has 0 saturated heterocycles. The van der Waals surface area contributed by atoms with Crippen LogP contribution in [0.15, 0.2) is 30.3 Å². The van der Waals surface area contributed by atoms with Crippen molar-refractivity contribution in [3.05, 3.63) is 35.9 Å². The van der Waals surface area contributed by atoms with Crippen LogP contribution in [0.3, 0.4) is 0 Å². The normalized spacial score (nSPS) is 24.1. The molecule has 1 aromatic carbocycles. The standard InChI is InChI=1S/C16H23F2NO3S/c1-15(20,13-7-3-2-4-8-13)12-19-23(21,22)11-14-9-5-6-10-16(14,17)18/h2-4,7-8,14,19-20H,5-6,9-12H2,1H3. The third kappa shape index (κ3) is 4.96. The number of nitrogens with one attached hydrogen (secondary N) is 1. The van der Waals surface area contributed by atoms with Gasteiger partial charge < -0.3 is 5.11 Å². The van der Waals surface area contributed by atoms with Gasteiger partial charge in [0.25, 0.3) is 5.92 Å². The maximum Gasteiger partial charge on any atom is 0.251 e. The summed E-state index contributed by atoms with van der Waals surface area (Å²) in [6, 6.07) is 8.63. The summed E-state index contributed by atoms with van der Waals surface area (Å²) in [7, 11) is -3.88. The Balaban J connectivity index is 1.99. The molecule has 0 heterocycles. The molecule has 0 radical (unpaired) electrons. The first-order chi connectivity index (χ1) is 10.6. The van der Waals surface area contributed by atoms with E-state index in [1.54, 1.807) is 30.3 Å². The van der Waals surface area contributed by atoms with Crippen LogP contribution in [0.2, 0.25) is 0 Å². The van der Waals surface area contributed by atoms with E-state index >= 15 is 0 Å². The fourth-order valence-corrected chi connectivity index (χ4v) is 4.40. The quantitative estimate of drug-likeness (QED) is 0.831. The monoisotopic (exact) mass is 347 g/mol. The summed E-state index contributed by atoms with van der Waals surface area (Å²) in [5.41, 5.74) is -0.839. The number of alkyl halides is 2. The Hall–Kier alpha value is -1.05. The van der Waals surface area contributed by atoms with Crippen LogP contribution in [-0.4, -0.2) is 31.7 Å². The maximum absolute atomic E-state index is 13.8. The van der Waals surface area contributed by atoms with Crippen molar-refractivity contribution >= 4 is 10.0 Å². The highest BCUT2D eigenvalue weighted by Crippen LogP contribution is 2.39. The fraction of sp³-hybridized carbons (Fsp3) is 0.625. The number of hydrogen-bond acceptors (Lipinski definition) is 3. The van der Waals surface area contributed by atoms with Crippen molar-refractivity contribution in [1.82, 2.24) is 4.72 Å². The highest BCUT2D eigenvalue weighted by Gasteiger charge is 2.43. The minimum atomic E-state index is -3.88. The van der Waals surface area contributed by atoms with Crippen LogP contribution in [-0.2, 0) is 15.6 Å². The van der Waals surface area contributed by atoms with Crippen molar-refractivity contribution in [3.8, 4) is 0 Å². The number of aliphatic hydroxyl groups is 1. The Morgan fingerprint density at radius 2 is 1.96 bits per heavy atom. The van der Waals surface area contributed by atoms with E-state index in [0.29, 0.717) is 18.4 Å². The third-order valence-corrected chi connectivity index (χ3v) is 5.79. The smallest absolute Gasteiger partial charge is 0.251 e. The van der Waals surface area contributed by atoms with Crippen LogP contribution in [0, 0.1) is 5.92 Å². The number of halogens is 2. The average molecular weight is 347 g/mol. The number of benzene rings is 1. The van der Waals surface area contributed by atoms with Gasteiger partial charge in [0.05, 0.1) is 5.75 Å². The zero-order valence-corrected chi connectivity index (χ0v) is 14.0. The SMILES string of the molecule is CC(O)(CNS(=O)(=O)CC1CCCCC1(F)F)c1ccccc1. The predicted molar refractivity (Wildman–Crippen MR) is 84.7 cm³/mol. The van der Waals surface area contributed by atoms with E-state index in [0.717, 1.165) is 0 Å². The molecule has 1 saturated carbocycles. The summed E-state index contributed by atoms with van der Waals surface area (Å²) in [6.07, 6.45) is 1.01. The van der Waals surface area contributed by atoms with Gasteiger partial charge in [0.1, 0.15) is 5.60 Å². The highest BCUT2D eigenvalue weighted by molar-refractivity contribution is 7.89.